The highest BCUT2D eigenvalue weighted by Crippen LogP contribution is 2.39. The molecule has 1 aliphatic rings. The van der Waals surface area contributed by atoms with E-state index in [0.717, 1.165) is 32.5 Å². The van der Waals surface area contributed by atoms with Gasteiger partial charge in [-0.05, 0) is 30.2 Å². The van der Waals surface area contributed by atoms with Gasteiger partial charge in [-0.25, -0.2) is 9.18 Å². The largest absolute Gasteiger partial charge is 0.459 e. The predicted octanol–water partition coefficient (Wildman–Crippen LogP) is 3.05. The first-order chi connectivity index (χ1) is 16.2. The number of carbonyl (C=O) groups is 3. The van der Waals surface area contributed by atoms with E-state index < -0.39 is 35.6 Å². The zero-order valence-electron chi connectivity index (χ0n) is 18.9. The van der Waals surface area contributed by atoms with Gasteiger partial charge in [0.15, 0.2) is 11.6 Å². The third kappa shape index (κ3) is 4.12. The summed E-state index contributed by atoms with van der Waals surface area (Å²) in [7, 11) is 3.06. The van der Waals surface area contributed by atoms with E-state index in [4.69, 9.17) is 10.2 Å². The summed E-state index contributed by atoms with van der Waals surface area (Å²) in [4.78, 5) is 40.4. The third-order valence-electron chi connectivity index (χ3n) is 5.65. The van der Waals surface area contributed by atoms with Gasteiger partial charge in [-0.1, -0.05) is 36.0 Å². The Balaban J connectivity index is 1.66. The minimum absolute atomic E-state index is 0.0133. The number of nitrogens with two attached hydrogens (primary N) is 1. The number of imide groups is 1. The standard InChI is InChI=1S/C23H24FN5O4S/c1-13-17(21(31)28(13)23(32)27(2)3)19-18(24)22(29(26-19)20(30)16-5-4-10-33-16)34-12-15-8-6-14(11-25)7-9-15/h4-10,13,17H,11-12,25H2,1-3H3. The van der Waals surface area contributed by atoms with E-state index in [0.29, 0.717) is 12.3 Å². The monoisotopic (exact) mass is 485 g/mol. The number of halogens is 1. The number of hydrogen-bond acceptors (Lipinski definition) is 7. The van der Waals surface area contributed by atoms with Crippen molar-refractivity contribution in [1.82, 2.24) is 19.6 Å². The first kappa shape index (κ1) is 23.7. The third-order valence-corrected chi connectivity index (χ3v) is 6.75. The molecule has 2 aromatic heterocycles. The maximum absolute atomic E-state index is 15.7. The van der Waals surface area contributed by atoms with Crippen molar-refractivity contribution in [1.29, 1.82) is 0 Å². The summed E-state index contributed by atoms with van der Waals surface area (Å²) < 4.78 is 21.8. The number of nitrogens with zero attached hydrogens (tertiary/aromatic N) is 4. The van der Waals surface area contributed by atoms with Crippen LogP contribution in [0, 0.1) is 5.82 Å². The van der Waals surface area contributed by atoms with Gasteiger partial charge in [0.1, 0.15) is 16.6 Å². The smallest absolute Gasteiger partial charge is 0.326 e. The molecular formula is C23H24FN5O4S. The van der Waals surface area contributed by atoms with Gasteiger partial charge in [-0.3, -0.25) is 14.5 Å². The molecule has 178 valence electrons. The second-order valence-corrected chi connectivity index (χ2v) is 9.08. The second kappa shape index (κ2) is 9.43. The van der Waals surface area contributed by atoms with Crippen molar-refractivity contribution >= 4 is 29.6 Å². The van der Waals surface area contributed by atoms with Crippen molar-refractivity contribution in [3.8, 4) is 0 Å². The number of furan rings is 1. The molecule has 0 bridgehead atoms. The molecule has 2 N–H and O–H groups in total. The number of thioether (sulfide) groups is 1. The van der Waals surface area contributed by atoms with E-state index in [1.54, 1.807) is 13.0 Å². The van der Waals surface area contributed by atoms with E-state index >= 15 is 4.39 Å². The fourth-order valence-corrected chi connectivity index (χ4v) is 4.71. The molecule has 1 fully saturated rings. The van der Waals surface area contributed by atoms with Crippen molar-refractivity contribution in [2.24, 2.45) is 5.73 Å². The first-order valence-electron chi connectivity index (χ1n) is 10.6. The molecule has 3 amide bonds. The van der Waals surface area contributed by atoms with Gasteiger partial charge in [0.25, 0.3) is 0 Å². The highest BCUT2D eigenvalue weighted by atomic mass is 32.2. The average molecular weight is 486 g/mol. The van der Waals surface area contributed by atoms with Crippen LogP contribution in [0.4, 0.5) is 9.18 Å². The lowest BCUT2D eigenvalue weighted by Gasteiger charge is -2.43. The van der Waals surface area contributed by atoms with Gasteiger partial charge in [-0.2, -0.15) is 9.78 Å². The van der Waals surface area contributed by atoms with Gasteiger partial charge >= 0.3 is 11.9 Å². The zero-order valence-corrected chi connectivity index (χ0v) is 19.7. The molecule has 2 unspecified atom stereocenters. The maximum Gasteiger partial charge on any atom is 0.326 e. The molecule has 2 atom stereocenters. The van der Waals surface area contributed by atoms with E-state index in [2.05, 4.69) is 5.10 Å². The van der Waals surface area contributed by atoms with Crippen LogP contribution in [0.2, 0.25) is 0 Å². The summed E-state index contributed by atoms with van der Waals surface area (Å²) in [5.41, 5.74) is 7.34. The van der Waals surface area contributed by atoms with Crippen LogP contribution < -0.4 is 5.73 Å². The van der Waals surface area contributed by atoms with Crippen molar-refractivity contribution in [2.75, 3.05) is 14.1 Å². The molecule has 0 saturated carbocycles. The second-order valence-electron chi connectivity index (χ2n) is 8.11. The molecular weight excluding hydrogens is 461 g/mol. The van der Waals surface area contributed by atoms with Crippen molar-refractivity contribution < 1.29 is 23.2 Å². The minimum atomic E-state index is -0.974. The molecule has 4 rings (SSSR count). The van der Waals surface area contributed by atoms with Crippen LogP contribution >= 0.6 is 11.8 Å². The summed E-state index contributed by atoms with van der Waals surface area (Å²) in [6.07, 6.45) is 1.34. The van der Waals surface area contributed by atoms with Crippen LogP contribution in [0.5, 0.6) is 0 Å². The molecule has 1 saturated heterocycles. The van der Waals surface area contributed by atoms with E-state index in [1.165, 1.54) is 31.3 Å². The minimum Gasteiger partial charge on any atom is -0.459 e. The number of aromatic nitrogens is 2. The molecule has 0 aliphatic carbocycles. The number of urea groups is 1. The Morgan fingerprint density at radius 1 is 1.21 bits per heavy atom. The fraction of sp³-hybridized carbons (Fsp3) is 0.304. The molecule has 1 aliphatic heterocycles. The Bertz CT molecular complexity index is 1220. The lowest BCUT2D eigenvalue weighted by atomic mass is 9.86. The van der Waals surface area contributed by atoms with Gasteiger partial charge in [-0.15, -0.1) is 0 Å². The van der Waals surface area contributed by atoms with Crippen LogP contribution in [0.3, 0.4) is 0 Å². The van der Waals surface area contributed by atoms with E-state index in [1.807, 2.05) is 24.3 Å². The average Bonchev–Trinajstić information content (AvgIpc) is 3.47. The van der Waals surface area contributed by atoms with Crippen molar-refractivity contribution in [3.05, 3.63) is 71.1 Å². The lowest BCUT2D eigenvalue weighted by molar-refractivity contribution is -0.144. The van der Waals surface area contributed by atoms with Crippen LogP contribution in [-0.4, -0.2) is 57.6 Å². The van der Waals surface area contributed by atoms with Gasteiger partial charge < -0.3 is 15.1 Å². The van der Waals surface area contributed by atoms with Crippen molar-refractivity contribution in [2.45, 2.75) is 36.2 Å². The van der Waals surface area contributed by atoms with Gasteiger partial charge in [0.05, 0.1) is 12.3 Å². The number of β-lactam (4-membered cyclic amide) rings is 1. The first-order valence-corrected chi connectivity index (χ1v) is 11.5. The number of benzene rings is 1. The van der Waals surface area contributed by atoms with Gasteiger partial charge in [0, 0.05) is 26.4 Å². The predicted molar refractivity (Wildman–Crippen MR) is 123 cm³/mol. The Hall–Kier alpha value is -3.44. The van der Waals surface area contributed by atoms with Crippen LogP contribution in [-0.2, 0) is 17.1 Å². The molecule has 0 spiro atoms. The van der Waals surface area contributed by atoms with Crippen LogP contribution in [0.25, 0.3) is 0 Å². The Kier molecular flexibility index (Phi) is 6.58. The molecule has 11 heteroatoms. The molecule has 34 heavy (non-hydrogen) atoms. The highest BCUT2D eigenvalue weighted by Gasteiger charge is 2.52. The van der Waals surface area contributed by atoms with Gasteiger partial charge in [0.2, 0.25) is 5.91 Å². The maximum atomic E-state index is 15.7. The summed E-state index contributed by atoms with van der Waals surface area (Å²) in [6, 6.07) is 9.42. The fourth-order valence-electron chi connectivity index (χ4n) is 3.74. The number of hydrogen-bond donors (Lipinski definition) is 1. The number of amides is 3. The summed E-state index contributed by atoms with van der Waals surface area (Å²) in [5, 5.41) is 4.16. The topological polar surface area (TPSA) is 115 Å². The highest BCUT2D eigenvalue weighted by molar-refractivity contribution is 7.98. The molecule has 9 nitrogen and oxygen atoms in total. The van der Waals surface area contributed by atoms with E-state index in [-0.39, 0.29) is 16.5 Å². The summed E-state index contributed by atoms with van der Waals surface area (Å²) >= 11 is 1.08. The SMILES string of the molecule is CC1C(c2nn(C(=O)c3ccco3)c(SCc3ccc(CN)cc3)c2F)C(=O)N1C(=O)N(C)C. The lowest BCUT2D eigenvalue weighted by Crippen LogP contribution is -2.62. The van der Waals surface area contributed by atoms with Crippen LogP contribution in [0.1, 0.15) is 40.2 Å². The summed E-state index contributed by atoms with van der Waals surface area (Å²) in [5.74, 6) is -2.60. The quantitative estimate of drug-likeness (QED) is 0.422. The normalized spacial score (nSPS) is 17.6. The molecule has 3 aromatic rings. The van der Waals surface area contributed by atoms with Crippen LogP contribution in [0.15, 0.2) is 52.1 Å². The molecule has 1 aromatic carbocycles. The Labute approximate surface area is 199 Å². The molecule has 3 heterocycles. The molecule has 0 radical (unpaired) electrons. The number of likely N-dealkylation sites (tertiary alicyclic amines) is 1. The van der Waals surface area contributed by atoms with Crippen molar-refractivity contribution in [3.63, 3.8) is 0 Å². The Morgan fingerprint density at radius 2 is 1.88 bits per heavy atom. The number of carbonyl (C=O) groups excluding carboxylic acids is 3. The van der Waals surface area contributed by atoms with E-state index in [9.17, 15) is 14.4 Å². The summed E-state index contributed by atoms with van der Waals surface area (Å²) in [6.45, 7) is 2.06. The Morgan fingerprint density at radius 3 is 2.44 bits per heavy atom. The number of rotatable bonds is 6. The zero-order chi connectivity index (χ0) is 24.6.